The van der Waals surface area contributed by atoms with E-state index in [1.807, 2.05) is 18.2 Å². The van der Waals surface area contributed by atoms with Crippen molar-refractivity contribution in [2.24, 2.45) is 0 Å². The summed E-state index contributed by atoms with van der Waals surface area (Å²) in [5.41, 5.74) is 1.17. The maximum absolute atomic E-state index is 12.6. The zero-order valence-electron chi connectivity index (χ0n) is 16.5. The Labute approximate surface area is 174 Å². The Morgan fingerprint density at radius 3 is 2.43 bits per heavy atom. The van der Waals surface area contributed by atoms with E-state index < -0.39 is 0 Å². The molecule has 2 N–H and O–H groups in total. The molecule has 4 rings (SSSR count). The normalized spacial score (nSPS) is 13.7. The van der Waals surface area contributed by atoms with E-state index in [9.17, 15) is 9.59 Å². The van der Waals surface area contributed by atoms with E-state index >= 15 is 0 Å². The van der Waals surface area contributed by atoms with Gasteiger partial charge in [-0.25, -0.2) is 9.78 Å². The Balaban J connectivity index is 1.26. The maximum atomic E-state index is 12.6. The number of hydrogen-bond donors (Lipinski definition) is 2. The number of aromatic nitrogens is 1. The van der Waals surface area contributed by atoms with E-state index in [1.165, 1.54) is 0 Å². The third kappa shape index (κ3) is 4.78. The number of urea groups is 1. The third-order valence-corrected chi connectivity index (χ3v) is 4.94. The van der Waals surface area contributed by atoms with Crippen LogP contribution in [0.5, 0.6) is 0 Å². The van der Waals surface area contributed by atoms with Crippen molar-refractivity contribution in [3.63, 3.8) is 0 Å². The average Bonchev–Trinajstić information content (AvgIpc) is 3.32. The number of nitrogens with one attached hydrogen (secondary N) is 2. The van der Waals surface area contributed by atoms with E-state index in [0.717, 1.165) is 18.9 Å². The smallest absolute Gasteiger partial charge is 0.321 e. The summed E-state index contributed by atoms with van der Waals surface area (Å²) >= 11 is 0. The first-order valence-electron chi connectivity index (χ1n) is 9.81. The highest BCUT2D eigenvalue weighted by Gasteiger charge is 2.21. The van der Waals surface area contributed by atoms with Crippen molar-refractivity contribution in [3.8, 4) is 0 Å². The van der Waals surface area contributed by atoms with Gasteiger partial charge in [0.15, 0.2) is 0 Å². The minimum Gasteiger partial charge on any atom is -0.467 e. The number of piperazine rings is 1. The molecule has 1 aliphatic heterocycles. The van der Waals surface area contributed by atoms with Gasteiger partial charge in [0.25, 0.3) is 5.91 Å². The van der Waals surface area contributed by atoms with Gasteiger partial charge in [-0.15, -0.1) is 0 Å². The van der Waals surface area contributed by atoms with Crippen LogP contribution in [0.25, 0.3) is 0 Å². The lowest BCUT2D eigenvalue weighted by Gasteiger charge is -2.35. The Morgan fingerprint density at radius 1 is 0.967 bits per heavy atom. The van der Waals surface area contributed by atoms with Crippen LogP contribution in [0.4, 0.5) is 16.3 Å². The summed E-state index contributed by atoms with van der Waals surface area (Å²) in [5, 5.41) is 5.69. The molecule has 154 valence electrons. The van der Waals surface area contributed by atoms with E-state index in [4.69, 9.17) is 4.42 Å². The Hall–Kier alpha value is -3.81. The summed E-state index contributed by atoms with van der Waals surface area (Å²) in [6, 6.07) is 16.1. The molecule has 0 unspecified atom stereocenters. The number of anilines is 2. The molecule has 1 saturated heterocycles. The average molecular weight is 405 g/mol. The second-order valence-corrected chi connectivity index (χ2v) is 6.93. The lowest BCUT2D eigenvalue weighted by molar-refractivity contribution is 0.0948. The summed E-state index contributed by atoms with van der Waals surface area (Å²) < 4.78 is 5.20. The van der Waals surface area contributed by atoms with Gasteiger partial charge in [-0.05, 0) is 48.5 Å². The minimum atomic E-state index is -0.199. The Kier molecular flexibility index (Phi) is 5.93. The highest BCUT2D eigenvalue weighted by atomic mass is 16.3. The van der Waals surface area contributed by atoms with Gasteiger partial charge in [-0.3, -0.25) is 4.79 Å². The molecule has 0 radical (unpaired) electrons. The fourth-order valence-corrected chi connectivity index (χ4v) is 3.27. The van der Waals surface area contributed by atoms with Crippen LogP contribution in [0.3, 0.4) is 0 Å². The molecule has 1 aliphatic rings. The molecule has 8 nitrogen and oxygen atoms in total. The number of nitrogens with zero attached hydrogens (tertiary/aromatic N) is 3. The highest BCUT2D eigenvalue weighted by molar-refractivity contribution is 5.95. The number of pyridine rings is 1. The zero-order chi connectivity index (χ0) is 20.8. The number of amides is 3. The number of hydrogen-bond acceptors (Lipinski definition) is 5. The fourth-order valence-electron chi connectivity index (χ4n) is 3.27. The molecule has 0 atom stereocenters. The zero-order valence-corrected chi connectivity index (χ0v) is 16.5. The van der Waals surface area contributed by atoms with Gasteiger partial charge >= 0.3 is 6.03 Å². The van der Waals surface area contributed by atoms with Crippen LogP contribution in [0.2, 0.25) is 0 Å². The second-order valence-electron chi connectivity index (χ2n) is 6.93. The van der Waals surface area contributed by atoms with Gasteiger partial charge in [0.05, 0.1) is 12.8 Å². The molecular weight excluding hydrogens is 382 g/mol. The molecule has 3 heterocycles. The van der Waals surface area contributed by atoms with Gasteiger partial charge in [0.2, 0.25) is 0 Å². The molecule has 2 aromatic heterocycles. The first-order valence-corrected chi connectivity index (χ1v) is 9.81. The van der Waals surface area contributed by atoms with Crippen LogP contribution in [0, 0.1) is 0 Å². The largest absolute Gasteiger partial charge is 0.467 e. The fraction of sp³-hybridized carbons (Fsp3) is 0.227. The van der Waals surface area contributed by atoms with Crippen molar-refractivity contribution < 1.29 is 14.0 Å². The quantitative estimate of drug-likeness (QED) is 0.681. The third-order valence-electron chi connectivity index (χ3n) is 4.94. The lowest BCUT2D eigenvalue weighted by atomic mass is 10.2. The molecule has 0 bridgehead atoms. The molecule has 0 saturated carbocycles. The number of furan rings is 1. The van der Waals surface area contributed by atoms with Gasteiger partial charge in [-0.1, -0.05) is 6.07 Å². The van der Waals surface area contributed by atoms with E-state index in [-0.39, 0.29) is 11.9 Å². The van der Waals surface area contributed by atoms with Crippen LogP contribution >= 0.6 is 0 Å². The van der Waals surface area contributed by atoms with Gasteiger partial charge in [-0.2, -0.15) is 0 Å². The van der Waals surface area contributed by atoms with Crippen LogP contribution < -0.4 is 15.5 Å². The monoisotopic (exact) mass is 405 g/mol. The minimum absolute atomic E-state index is 0.148. The predicted octanol–water partition coefficient (Wildman–Crippen LogP) is 2.96. The summed E-state index contributed by atoms with van der Waals surface area (Å²) in [7, 11) is 0. The molecule has 3 amide bonds. The van der Waals surface area contributed by atoms with Crippen molar-refractivity contribution in [2.75, 3.05) is 36.4 Å². The number of benzene rings is 1. The predicted molar refractivity (Wildman–Crippen MR) is 113 cm³/mol. The van der Waals surface area contributed by atoms with Crippen molar-refractivity contribution in [1.82, 2.24) is 15.2 Å². The van der Waals surface area contributed by atoms with Crippen LogP contribution in [-0.2, 0) is 6.54 Å². The van der Waals surface area contributed by atoms with Crippen LogP contribution in [0.1, 0.15) is 16.1 Å². The Morgan fingerprint density at radius 2 is 1.77 bits per heavy atom. The van der Waals surface area contributed by atoms with Gasteiger partial charge in [0, 0.05) is 43.6 Å². The summed E-state index contributed by atoms with van der Waals surface area (Å²) in [6.07, 6.45) is 3.34. The van der Waals surface area contributed by atoms with E-state index in [0.29, 0.717) is 36.6 Å². The summed E-state index contributed by atoms with van der Waals surface area (Å²) in [4.78, 5) is 33.1. The molecule has 0 aliphatic carbocycles. The number of carbonyl (C=O) groups excluding carboxylic acids is 2. The summed E-state index contributed by atoms with van der Waals surface area (Å²) in [6.45, 7) is 3.04. The molecule has 1 fully saturated rings. The molecule has 3 aromatic rings. The second kappa shape index (κ2) is 9.13. The van der Waals surface area contributed by atoms with Gasteiger partial charge < -0.3 is 24.9 Å². The van der Waals surface area contributed by atoms with Crippen molar-refractivity contribution in [1.29, 1.82) is 0 Å². The molecule has 8 heteroatoms. The maximum Gasteiger partial charge on any atom is 0.321 e. The van der Waals surface area contributed by atoms with E-state index in [1.54, 1.807) is 53.8 Å². The lowest BCUT2D eigenvalue weighted by Crippen LogP contribution is -2.50. The molecular formula is C22H23N5O3. The summed E-state index contributed by atoms with van der Waals surface area (Å²) in [5.74, 6) is 1.42. The molecule has 0 spiro atoms. The SMILES string of the molecule is O=C(NCc1ccco1)c1ccc(NC(=O)N2CCN(c3ccccn3)CC2)cc1. The van der Waals surface area contributed by atoms with Crippen molar-refractivity contribution in [2.45, 2.75) is 6.54 Å². The molecule has 30 heavy (non-hydrogen) atoms. The van der Waals surface area contributed by atoms with Crippen LogP contribution in [0.15, 0.2) is 71.5 Å². The van der Waals surface area contributed by atoms with Crippen LogP contribution in [-0.4, -0.2) is 48.0 Å². The van der Waals surface area contributed by atoms with Crippen molar-refractivity contribution in [3.05, 3.63) is 78.4 Å². The molecule has 1 aromatic carbocycles. The number of carbonyl (C=O) groups is 2. The highest BCUT2D eigenvalue weighted by Crippen LogP contribution is 2.15. The van der Waals surface area contributed by atoms with Crippen molar-refractivity contribution >= 4 is 23.4 Å². The first-order chi connectivity index (χ1) is 14.7. The van der Waals surface area contributed by atoms with Gasteiger partial charge in [0.1, 0.15) is 11.6 Å². The Bertz CT molecular complexity index is 966. The first kappa shape index (κ1) is 19.5. The van der Waals surface area contributed by atoms with E-state index in [2.05, 4.69) is 20.5 Å². The number of rotatable bonds is 5. The topological polar surface area (TPSA) is 90.7 Å². The standard InChI is InChI=1S/C22H23N5O3/c28-21(24-16-19-4-3-15-30-19)17-6-8-18(9-7-17)25-22(29)27-13-11-26(12-14-27)20-5-1-2-10-23-20/h1-10,15H,11-14,16H2,(H,24,28)(H,25,29).